The SMILES string of the molecule is C[C@H](C(=O)Nc1cccc(Br)c1)N1CCN(Cc2ccsc2)CC1. The summed E-state index contributed by atoms with van der Waals surface area (Å²) in [7, 11) is 0. The zero-order chi connectivity index (χ0) is 16.9. The topological polar surface area (TPSA) is 35.6 Å². The van der Waals surface area contributed by atoms with E-state index in [0.29, 0.717) is 0 Å². The van der Waals surface area contributed by atoms with Crippen molar-refractivity contribution in [3.8, 4) is 0 Å². The highest BCUT2D eigenvalue weighted by atomic mass is 79.9. The van der Waals surface area contributed by atoms with Crippen LogP contribution in [-0.2, 0) is 11.3 Å². The standard InChI is InChI=1S/C18H22BrN3OS/c1-14(18(23)20-17-4-2-3-16(19)11-17)22-8-6-21(7-9-22)12-15-5-10-24-13-15/h2-5,10-11,13-14H,6-9,12H2,1H3,(H,20,23)/t14-/m1/s1. The highest BCUT2D eigenvalue weighted by molar-refractivity contribution is 9.10. The summed E-state index contributed by atoms with van der Waals surface area (Å²) < 4.78 is 0.968. The van der Waals surface area contributed by atoms with E-state index in [-0.39, 0.29) is 11.9 Å². The van der Waals surface area contributed by atoms with Gasteiger partial charge in [0.25, 0.3) is 0 Å². The van der Waals surface area contributed by atoms with Crippen LogP contribution in [0, 0.1) is 0 Å². The van der Waals surface area contributed by atoms with Gasteiger partial charge in [0.05, 0.1) is 6.04 Å². The number of rotatable bonds is 5. The molecule has 0 aliphatic carbocycles. The van der Waals surface area contributed by atoms with Gasteiger partial charge < -0.3 is 5.32 Å². The van der Waals surface area contributed by atoms with Crippen molar-refractivity contribution in [3.63, 3.8) is 0 Å². The fourth-order valence-electron chi connectivity index (χ4n) is 2.93. The Morgan fingerprint density at radius 1 is 1.29 bits per heavy atom. The van der Waals surface area contributed by atoms with Crippen LogP contribution in [0.5, 0.6) is 0 Å². The molecular formula is C18H22BrN3OS. The molecule has 1 aromatic carbocycles. The van der Waals surface area contributed by atoms with Gasteiger partial charge in [0.2, 0.25) is 5.91 Å². The molecule has 2 aromatic rings. The van der Waals surface area contributed by atoms with Crippen LogP contribution in [0.2, 0.25) is 0 Å². The Kier molecular flexibility index (Phi) is 6.05. The van der Waals surface area contributed by atoms with Crippen LogP contribution in [0.4, 0.5) is 5.69 Å². The van der Waals surface area contributed by atoms with Gasteiger partial charge in [-0.1, -0.05) is 22.0 Å². The number of thiophene rings is 1. The summed E-state index contributed by atoms with van der Waals surface area (Å²) in [5, 5.41) is 7.34. The van der Waals surface area contributed by atoms with Gasteiger partial charge in [-0.25, -0.2) is 0 Å². The number of amides is 1. The van der Waals surface area contributed by atoms with E-state index in [2.05, 4.69) is 47.9 Å². The van der Waals surface area contributed by atoms with Crippen molar-refractivity contribution >= 4 is 38.9 Å². The molecule has 1 aliphatic heterocycles. The van der Waals surface area contributed by atoms with Crippen LogP contribution < -0.4 is 5.32 Å². The maximum Gasteiger partial charge on any atom is 0.241 e. The molecule has 0 bridgehead atoms. The van der Waals surface area contributed by atoms with Gasteiger partial charge in [0.15, 0.2) is 0 Å². The number of anilines is 1. The molecule has 0 unspecified atom stereocenters. The van der Waals surface area contributed by atoms with E-state index in [1.165, 1.54) is 5.56 Å². The molecule has 1 aromatic heterocycles. The summed E-state index contributed by atoms with van der Waals surface area (Å²) in [4.78, 5) is 17.2. The quantitative estimate of drug-likeness (QED) is 0.821. The number of nitrogens with one attached hydrogen (secondary N) is 1. The molecule has 0 radical (unpaired) electrons. The maximum absolute atomic E-state index is 12.5. The number of hydrogen-bond acceptors (Lipinski definition) is 4. The smallest absolute Gasteiger partial charge is 0.241 e. The third-order valence-corrected chi connectivity index (χ3v) is 5.64. The van der Waals surface area contributed by atoms with E-state index in [4.69, 9.17) is 0 Å². The Hall–Kier alpha value is -1.21. The fraction of sp³-hybridized carbons (Fsp3) is 0.389. The molecule has 0 saturated carbocycles. The van der Waals surface area contributed by atoms with Crippen LogP contribution >= 0.6 is 27.3 Å². The summed E-state index contributed by atoms with van der Waals surface area (Å²) >= 11 is 5.18. The number of carbonyl (C=O) groups excluding carboxylic acids is 1. The normalized spacial score (nSPS) is 17.6. The molecule has 0 spiro atoms. The summed E-state index contributed by atoms with van der Waals surface area (Å²) in [6, 6.07) is 9.77. The minimum atomic E-state index is -0.118. The minimum Gasteiger partial charge on any atom is -0.325 e. The van der Waals surface area contributed by atoms with Gasteiger partial charge in [-0.15, -0.1) is 0 Å². The van der Waals surface area contributed by atoms with E-state index < -0.39 is 0 Å². The lowest BCUT2D eigenvalue weighted by Crippen LogP contribution is -2.52. The number of nitrogens with zero attached hydrogens (tertiary/aromatic N) is 2. The molecule has 1 atom stereocenters. The van der Waals surface area contributed by atoms with Gasteiger partial charge in [0, 0.05) is 42.9 Å². The number of benzene rings is 1. The lowest BCUT2D eigenvalue weighted by molar-refractivity contribution is -0.121. The van der Waals surface area contributed by atoms with Gasteiger partial charge >= 0.3 is 0 Å². The molecule has 6 heteroatoms. The lowest BCUT2D eigenvalue weighted by Gasteiger charge is -2.37. The lowest BCUT2D eigenvalue weighted by atomic mass is 10.2. The average molecular weight is 408 g/mol. The number of carbonyl (C=O) groups is 1. The van der Waals surface area contributed by atoms with E-state index in [9.17, 15) is 4.79 Å². The highest BCUT2D eigenvalue weighted by Gasteiger charge is 2.25. The Morgan fingerprint density at radius 3 is 2.75 bits per heavy atom. The predicted octanol–water partition coefficient (Wildman–Crippen LogP) is 3.66. The van der Waals surface area contributed by atoms with Crippen LogP contribution in [0.15, 0.2) is 45.6 Å². The first-order valence-electron chi connectivity index (χ1n) is 8.16. The maximum atomic E-state index is 12.5. The first kappa shape index (κ1) is 17.6. The molecule has 2 heterocycles. The second-order valence-electron chi connectivity index (χ2n) is 6.12. The molecular weight excluding hydrogens is 386 g/mol. The van der Waals surface area contributed by atoms with Crippen molar-refractivity contribution in [2.75, 3.05) is 31.5 Å². The number of hydrogen-bond donors (Lipinski definition) is 1. The zero-order valence-corrected chi connectivity index (χ0v) is 16.1. The van der Waals surface area contributed by atoms with Crippen LogP contribution in [-0.4, -0.2) is 47.9 Å². The Morgan fingerprint density at radius 2 is 2.08 bits per heavy atom. The fourth-order valence-corrected chi connectivity index (χ4v) is 3.99. The van der Waals surface area contributed by atoms with Crippen LogP contribution in [0.3, 0.4) is 0 Å². The monoisotopic (exact) mass is 407 g/mol. The van der Waals surface area contributed by atoms with E-state index in [1.807, 2.05) is 31.2 Å². The van der Waals surface area contributed by atoms with Gasteiger partial charge in [-0.05, 0) is 47.5 Å². The van der Waals surface area contributed by atoms with Crippen LogP contribution in [0.1, 0.15) is 12.5 Å². The van der Waals surface area contributed by atoms with E-state index in [0.717, 1.165) is 42.9 Å². The average Bonchev–Trinajstić information content (AvgIpc) is 3.08. The molecule has 1 saturated heterocycles. The van der Waals surface area contributed by atoms with Crippen molar-refractivity contribution in [2.24, 2.45) is 0 Å². The van der Waals surface area contributed by atoms with Crippen molar-refractivity contribution in [3.05, 3.63) is 51.1 Å². The van der Waals surface area contributed by atoms with Crippen LogP contribution in [0.25, 0.3) is 0 Å². The molecule has 1 amide bonds. The van der Waals surface area contributed by atoms with Crippen molar-refractivity contribution in [1.82, 2.24) is 9.80 Å². The minimum absolute atomic E-state index is 0.0550. The molecule has 1 aliphatic rings. The molecule has 128 valence electrons. The van der Waals surface area contributed by atoms with Gasteiger partial charge in [-0.3, -0.25) is 14.6 Å². The Bertz CT molecular complexity index is 669. The third-order valence-electron chi connectivity index (χ3n) is 4.41. The molecule has 1 N–H and O–H groups in total. The molecule has 3 rings (SSSR count). The van der Waals surface area contributed by atoms with Crippen molar-refractivity contribution in [1.29, 1.82) is 0 Å². The van der Waals surface area contributed by atoms with Crippen molar-refractivity contribution in [2.45, 2.75) is 19.5 Å². The predicted molar refractivity (Wildman–Crippen MR) is 103 cm³/mol. The Labute approximate surface area is 155 Å². The zero-order valence-electron chi connectivity index (χ0n) is 13.7. The Balaban J connectivity index is 1.49. The van der Waals surface area contributed by atoms with Gasteiger partial charge in [-0.2, -0.15) is 11.3 Å². The first-order valence-corrected chi connectivity index (χ1v) is 9.89. The molecule has 24 heavy (non-hydrogen) atoms. The summed E-state index contributed by atoms with van der Waals surface area (Å²) in [5.74, 6) is 0.0550. The molecule has 1 fully saturated rings. The van der Waals surface area contributed by atoms with Crippen molar-refractivity contribution < 1.29 is 4.79 Å². The summed E-state index contributed by atoms with van der Waals surface area (Å²) in [5.41, 5.74) is 2.21. The number of piperazine rings is 1. The van der Waals surface area contributed by atoms with E-state index in [1.54, 1.807) is 11.3 Å². The largest absolute Gasteiger partial charge is 0.325 e. The second-order valence-corrected chi connectivity index (χ2v) is 7.81. The van der Waals surface area contributed by atoms with E-state index >= 15 is 0 Å². The summed E-state index contributed by atoms with van der Waals surface area (Å²) in [6.45, 7) is 6.86. The van der Waals surface area contributed by atoms with Gasteiger partial charge in [0.1, 0.15) is 0 Å². The first-order chi connectivity index (χ1) is 11.6. The summed E-state index contributed by atoms with van der Waals surface area (Å²) in [6.07, 6.45) is 0. The number of halogens is 1. The second kappa shape index (κ2) is 8.25. The molecule has 4 nitrogen and oxygen atoms in total. The highest BCUT2D eigenvalue weighted by Crippen LogP contribution is 2.17. The third kappa shape index (κ3) is 4.66.